The number of benzene rings is 2. The summed E-state index contributed by atoms with van der Waals surface area (Å²) in [6.07, 6.45) is 0. The molecule has 0 bridgehead atoms. The highest BCUT2D eigenvalue weighted by Gasteiger charge is 2.20. The molecule has 1 atom stereocenters. The van der Waals surface area contributed by atoms with Crippen molar-refractivity contribution in [2.45, 2.75) is 36.2 Å². The molecule has 0 aliphatic rings. The molecule has 142 valence electrons. The summed E-state index contributed by atoms with van der Waals surface area (Å²) in [7, 11) is -3.41. The zero-order chi connectivity index (χ0) is 19.5. The van der Waals surface area contributed by atoms with Crippen molar-refractivity contribution in [1.82, 2.24) is 0 Å². The Morgan fingerprint density at radius 1 is 1.15 bits per heavy atom. The van der Waals surface area contributed by atoms with Crippen LogP contribution in [0.25, 0.3) is 0 Å². The molecule has 0 aliphatic carbocycles. The van der Waals surface area contributed by atoms with Crippen LogP contribution in [0, 0.1) is 0 Å². The Morgan fingerprint density at radius 3 is 2.42 bits per heavy atom. The number of ether oxygens (including phenoxy) is 1. The van der Waals surface area contributed by atoms with E-state index in [0.717, 1.165) is 5.56 Å². The van der Waals surface area contributed by atoms with Crippen LogP contribution < -0.4 is 9.46 Å². The molecule has 2 rings (SSSR count). The number of anilines is 1. The second kappa shape index (κ2) is 7.98. The van der Waals surface area contributed by atoms with E-state index in [2.05, 4.69) is 4.72 Å². The van der Waals surface area contributed by atoms with E-state index in [-0.39, 0.29) is 14.7 Å². The number of sulfonamides is 1. The Balaban J connectivity index is 2.23. The van der Waals surface area contributed by atoms with Crippen molar-refractivity contribution in [2.24, 2.45) is 0 Å². The van der Waals surface area contributed by atoms with Crippen LogP contribution in [-0.4, -0.2) is 24.5 Å². The van der Waals surface area contributed by atoms with Crippen LogP contribution in [0.4, 0.5) is 5.69 Å². The molecule has 2 aromatic carbocycles. The Morgan fingerprint density at radius 2 is 1.85 bits per heavy atom. The first-order valence-electron chi connectivity index (χ1n) is 7.87. The molecule has 0 saturated heterocycles. The van der Waals surface area contributed by atoms with Crippen molar-refractivity contribution in [3.8, 4) is 5.75 Å². The van der Waals surface area contributed by atoms with Gasteiger partial charge in [-0.25, -0.2) is 8.42 Å². The third-order valence-corrected chi connectivity index (χ3v) is 7.23. The van der Waals surface area contributed by atoms with E-state index in [1.807, 2.05) is 26.8 Å². The molecule has 5 nitrogen and oxygen atoms in total. The molecule has 0 heterocycles. The first-order chi connectivity index (χ1) is 12.0. The largest absolute Gasteiger partial charge is 0.495 e. The van der Waals surface area contributed by atoms with E-state index in [4.69, 9.17) is 16.3 Å². The molecule has 0 saturated carbocycles. The van der Waals surface area contributed by atoms with Gasteiger partial charge in [0, 0.05) is 27.0 Å². The van der Waals surface area contributed by atoms with Crippen molar-refractivity contribution in [1.29, 1.82) is 0 Å². The van der Waals surface area contributed by atoms with E-state index >= 15 is 0 Å². The van der Waals surface area contributed by atoms with Gasteiger partial charge in [-0.05, 0) is 56.7 Å². The predicted octanol–water partition coefficient (Wildman–Crippen LogP) is 4.20. The van der Waals surface area contributed by atoms with Gasteiger partial charge in [-0.3, -0.25) is 8.93 Å². The standard InChI is InChI=1S/C18H22ClNO4S2/c1-18(2,3)25(21)12-13-6-5-7-14(10-13)20-26(22,23)15-8-9-17(24-4)16(19)11-15/h5-11,20H,12H2,1-4H3. The third-order valence-electron chi connectivity index (χ3n) is 3.59. The van der Waals surface area contributed by atoms with E-state index in [1.54, 1.807) is 18.2 Å². The van der Waals surface area contributed by atoms with Gasteiger partial charge in [0.15, 0.2) is 0 Å². The normalized spacial score (nSPS) is 13.3. The van der Waals surface area contributed by atoms with Crippen LogP contribution in [-0.2, 0) is 26.6 Å². The fourth-order valence-electron chi connectivity index (χ4n) is 2.12. The number of hydrogen-bond donors (Lipinski definition) is 1. The number of hydrogen-bond acceptors (Lipinski definition) is 4. The highest BCUT2D eigenvalue weighted by atomic mass is 35.5. The van der Waals surface area contributed by atoms with E-state index < -0.39 is 20.8 Å². The number of halogens is 1. The molecular formula is C18H22ClNO4S2. The lowest BCUT2D eigenvalue weighted by Gasteiger charge is -2.18. The smallest absolute Gasteiger partial charge is 0.261 e. The maximum absolute atomic E-state index is 12.6. The topological polar surface area (TPSA) is 72.5 Å². The predicted molar refractivity (Wildman–Crippen MR) is 107 cm³/mol. The Kier molecular flexibility index (Phi) is 6.37. The zero-order valence-electron chi connectivity index (χ0n) is 15.1. The molecule has 0 amide bonds. The van der Waals surface area contributed by atoms with Gasteiger partial charge in [0.05, 0.1) is 17.0 Å². The maximum Gasteiger partial charge on any atom is 0.261 e. The number of rotatable bonds is 6. The van der Waals surface area contributed by atoms with Gasteiger partial charge < -0.3 is 4.74 Å². The molecule has 1 unspecified atom stereocenters. The molecule has 0 fully saturated rings. The molecule has 26 heavy (non-hydrogen) atoms. The van der Waals surface area contributed by atoms with Gasteiger partial charge in [-0.1, -0.05) is 23.7 Å². The van der Waals surface area contributed by atoms with Crippen molar-refractivity contribution in [3.05, 3.63) is 53.1 Å². The quantitative estimate of drug-likeness (QED) is 0.767. The minimum absolute atomic E-state index is 0.0342. The Bertz CT molecular complexity index is 921. The van der Waals surface area contributed by atoms with E-state index in [0.29, 0.717) is 17.2 Å². The highest BCUT2D eigenvalue weighted by Crippen LogP contribution is 2.28. The lowest BCUT2D eigenvalue weighted by atomic mass is 10.2. The molecular weight excluding hydrogens is 394 g/mol. The third kappa shape index (κ3) is 5.22. The van der Waals surface area contributed by atoms with Crippen LogP contribution in [0.1, 0.15) is 26.3 Å². The molecule has 8 heteroatoms. The van der Waals surface area contributed by atoms with E-state index in [9.17, 15) is 12.6 Å². The summed E-state index contributed by atoms with van der Waals surface area (Å²) in [5, 5.41) is 0.213. The van der Waals surface area contributed by atoms with Crippen molar-refractivity contribution in [3.63, 3.8) is 0 Å². The van der Waals surface area contributed by atoms with Crippen molar-refractivity contribution in [2.75, 3.05) is 11.8 Å². The second-order valence-corrected chi connectivity index (χ2v) is 11.0. The van der Waals surface area contributed by atoms with Crippen LogP contribution in [0.3, 0.4) is 0 Å². The van der Waals surface area contributed by atoms with Crippen LogP contribution in [0.15, 0.2) is 47.4 Å². The summed E-state index contributed by atoms with van der Waals surface area (Å²) in [6, 6.07) is 11.1. The monoisotopic (exact) mass is 415 g/mol. The number of nitrogens with one attached hydrogen (secondary N) is 1. The summed E-state index contributed by atoms with van der Waals surface area (Å²) in [5.74, 6) is 0.755. The summed E-state index contributed by atoms with van der Waals surface area (Å²) in [5.41, 5.74) is 1.20. The molecule has 0 aromatic heterocycles. The Labute approximate surface area is 162 Å². The fraction of sp³-hybridized carbons (Fsp3) is 0.333. The highest BCUT2D eigenvalue weighted by molar-refractivity contribution is 7.92. The van der Waals surface area contributed by atoms with Gasteiger partial charge in [0.25, 0.3) is 10.0 Å². The van der Waals surface area contributed by atoms with Crippen molar-refractivity contribution < 1.29 is 17.4 Å². The number of methoxy groups -OCH3 is 1. The van der Waals surface area contributed by atoms with Gasteiger partial charge >= 0.3 is 0 Å². The minimum atomic E-state index is -3.80. The minimum Gasteiger partial charge on any atom is -0.495 e. The van der Waals surface area contributed by atoms with E-state index in [1.165, 1.54) is 25.3 Å². The second-order valence-electron chi connectivity index (χ2n) is 6.70. The van der Waals surface area contributed by atoms with Gasteiger partial charge in [-0.2, -0.15) is 0 Å². The van der Waals surface area contributed by atoms with Crippen LogP contribution in [0.2, 0.25) is 5.02 Å². The Hall–Kier alpha value is -1.57. The summed E-state index contributed by atoms with van der Waals surface area (Å²) in [4.78, 5) is 0.0342. The fourth-order valence-corrected chi connectivity index (χ4v) is 4.43. The van der Waals surface area contributed by atoms with Crippen molar-refractivity contribution >= 4 is 38.1 Å². The summed E-state index contributed by atoms with van der Waals surface area (Å²) < 4.78 is 44.7. The molecule has 2 aromatic rings. The van der Waals surface area contributed by atoms with Gasteiger partial charge in [0.2, 0.25) is 0 Å². The van der Waals surface area contributed by atoms with Gasteiger partial charge in [-0.15, -0.1) is 0 Å². The molecule has 0 radical (unpaired) electrons. The lowest BCUT2D eigenvalue weighted by molar-refractivity contribution is 0.414. The van der Waals surface area contributed by atoms with Crippen LogP contribution >= 0.6 is 11.6 Å². The SMILES string of the molecule is COc1ccc(S(=O)(=O)Nc2cccc(CS(=O)C(C)(C)C)c2)cc1Cl. The first kappa shape index (κ1) is 20.7. The van der Waals surface area contributed by atoms with Gasteiger partial charge in [0.1, 0.15) is 5.75 Å². The molecule has 0 spiro atoms. The first-order valence-corrected chi connectivity index (χ1v) is 11.0. The average Bonchev–Trinajstić information content (AvgIpc) is 2.53. The summed E-state index contributed by atoms with van der Waals surface area (Å²) >= 11 is 6.01. The lowest BCUT2D eigenvalue weighted by Crippen LogP contribution is -2.23. The molecule has 1 N–H and O–H groups in total. The average molecular weight is 416 g/mol. The zero-order valence-corrected chi connectivity index (χ0v) is 17.5. The summed E-state index contributed by atoms with van der Waals surface area (Å²) in [6.45, 7) is 5.72. The van der Waals surface area contributed by atoms with Crippen LogP contribution in [0.5, 0.6) is 5.75 Å². The maximum atomic E-state index is 12.6. The molecule has 0 aliphatic heterocycles.